The number of aromatic nitrogens is 1. The number of hydrogen-bond acceptors (Lipinski definition) is 2. The van der Waals surface area contributed by atoms with Gasteiger partial charge in [0, 0.05) is 34.6 Å². The lowest BCUT2D eigenvalue weighted by molar-refractivity contribution is -0.121. The van der Waals surface area contributed by atoms with Gasteiger partial charge >= 0.3 is 0 Å². The topological polar surface area (TPSA) is 34.0 Å². The molecule has 0 fully saturated rings. The maximum Gasteiger partial charge on any atom is 0.225 e. The molecule has 3 aromatic rings. The molecule has 23 heavy (non-hydrogen) atoms. The Bertz CT molecular complexity index is 848. The Morgan fingerprint density at radius 1 is 1.30 bits per heavy atom. The molecule has 1 aliphatic rings. The summed E-state index contributed by atoms with van der Waals surface area (Å²) in [6.07, 6.45) is 3.49. The van der Waals surface area contributed by atoms with E-state index in [2.05, 4.69) is 41.2 Å². The minimum absolute atomic E-state index is 0.140. The lowest BCUT2D eigenvalue weighted by Crippen LogP contribution is -2.39. The zero-order valence-corrected chi connectivity index (χ0v) is 14.0. The van der Waals surface area contributed by atoms with Crippen molar-refractivity contribution in [2.45, 2.75) is 31.7 Å². The Morgan fingerprint density at radius 3 is 3.00 bits per heavy atom. The van der Waals surface area contributed by atoms with Crippen molar-refractivity contribution < 1.29 is 4.79 Å². The maximum absolute atomic E-state index is 12.2. The first kappa shape index (κ1) is 14.5. The molecule has 0 bridgehead atoms. The molecule has 0 radical (unpaired) electrons. The average molecular weight is 324 g/mol. The number of fused-ring (bicyclic) bond motifs is 3. The fourth-order valence-corrected chi connectivity index (χ4v) is 4.41. The number of hydrogen-bond donors (Lipinski definition) is 1. The second-order valence-corrected chi connectivity index (χ2v) is 7.30. The van der Waals surface area contributed by atoms with E-state index in [4.69, 9.17) is 0 Å². The summed E-state index contributed by atoms with van der Waals surface area (Å²) in [5.41, 5.74) is 4.13. The van der Waals surface area contributed by atoms with Crippen LogP contribution in [0.2, 0.25) is 0 Å². The van der Waals surface area contributed by atoms with Gasteiger partial charge in [-0.15, -0.1) is 11.3 Å². The Labute approximate surface area is 139 Å². The third kappa shape index (κ3) is 2.68. The van der Waals surface area contributed by atoms with E-state index in [1.165, 1.54) is 22.2 Å². The van der Waals surface area contributed by atoms with E-state index in [9.17, 15) is 4.79 Å². The van der Waals surface area contributed by atoms with E-state index < -0.39 is 0 Å². The molecule has 3 nitrogen and oxygen atoms in total. The largest absolute Gasteiger partial charge is 0.353 e. The van der Waals surface area contributed by atoms with E-state index in [1.54, 1.807) is 11.3 Å². The van der Waals surface area contributed by atoms with Crippen molar-refractivity contribution in [2.75, 3.05) is 0 Å². The van der Waals surface area contributed by atoms with Crippen molar-refractivity contribution in [3.05, 3.63) is 57.9 Å². The molecule has 0 aliphatic heterocycles. The molecule has 0 saturated carbocycles. The number of nitrogens with one attached hydrogen (secondary N) is 1. The molecule has 1 aliphatic carbocycles. The molecule has 1 unspecified atom stereocenters. The van der Waals surface area contributed by atoms with Gasteiger partial charge in [-0.1, -0.05) is 24.3 Å². The van der Waals surface area contributed by atoms with Gasteiger partial charge in [-0.05, 0) is 42.3 Å². The van der Waals surface area contributed by atoms with Gasteiger partial charge < -0.3 is 9.88 Å². The number of carbonyl (C=O) groups is 1. The smallest absolute Gasteiger partial charge is 0.225 e. The number of rotatable bonds is 3. The van der Waals surface area contributed by atoms with Gasteiger partial charge in [-0.25, -0.2) is 0 Å². The van der Waals surface area contributed by atoms with Crippen molar-refractivity contribution in [3.63, 3.8) is 0 Å². The van der Waals surface area contributed by atoms with Gasteiger partial charge in [0.15, 0.2) is 0 Å². The summed E-state index contributed by atoms with van der Waals surface area (Å²) in [7, 11) is 2.15. The molecule has 2 aromatic heterocycles. The van der Waals surface area contributed by atoms with Crippen LogP contribution in [0.1, 0.15) is 22.6 Å². The summed E-state index contributed by atoms with van der Waals surface area (Å²) in [5.74, 6) is 0.140. The molecule has 4 heteroatoms. The minimum atomic E-state index is 0.140. The number of aryl methyl sites for hydroxylation is 1. The van der Waals surface area contributed by atoms with E-state index >= 15 is 0 Å². The summed E-state index contributed by atoms with van der Waals surface area (Å²) in [4.78, 5) is 13.4. The summed E-state index contributed by atoms with van der Waals surface area (Å²) in [6, 6.07) is 12.8. The molecule has 2 heterocycles. The van der Waals surface area contributed by atoms with Crippen LogP contribution in [-0.4, -0.2) is 16.5 Å². The highest BCUT2D eigenvalue weighted by Crippen LogP contribution is 2.31. The fourth-order valence-electron chi connectivity index (χ4n) is 3.70. The third-order valence-corrected chi connectivity index (χ3v) is 5.68. The molecule has 4 rings (SSSR count). The van der Waals surface area contributed by atoms with Crippen molar-refractivity contribution in [1.82, 2.24) is 9.88 Å². The van der Waals surface area contributed by atoms with Crippen LogP contribution in [0.4, 0.5) is 0 Å². The summed E-state index contributed by atoms with van der Waals surface area (Å²) in [6.45, 7) is 0. The van der Waals surface area contributed by atoms with Crippen LogP contribution in [0, 0.1) is 0 Å². The van der Waals surface area contributed by atoms with E-state index in [-0.39, 0.29) is 11.9 Å². The second kappa shape index (κ2) is 5.85. The maximum atomic E-state index is 12.2. The monoisotopic (exact) mass is 324 g/mol. The Balaban J connectivity index is 1.52. The molecular formula is C19H20N2OS. The first-order valence-corrected chi connectivity index (χ1v) is 8.97. The SMILES string of the molecule is Cn1c2c(c3ccccc31)CC(NC(=O)Cc1cccs1)CC2. The lowest BCUT2D eigenvalue weighted by Gasteiger charge is -2.24. The van der Waals surface area contributed by atoms with Gasteiger partial charge in [-0.2, -0.15) is 0 Å². The second-order valence-electron chi connectivity index (χ2n) is 6.26. The third-order valence-electron chi connectivity index (χ3n) is 4.80. The van der Waals surface area contributed by atoms with Crippen LogP contribution in [0.25, 0.3) is 10.9 Å². The van der Waals surface area contributed by atoms with Crippen LogP contribution in [0.15, 0.2) is 41.8 Å². The predicted molar refractivity (Wildman–Crippen MR) is 94.9 cm³/mol. The quantitative estimate of drug-likeness (QED) is 0.786. The van der Waals surface area contributed by atoms with E-state index in [1.807, 2.05) is 17.5 Å². The van der Waals surface area contributed by atoms with Crippen LogP contribution < -0.4 is 5.32 Å². The molecule has 1 aromatic carbocycles. The molecule has 0 saturated heterocycles. The standard InChI is InChI=1S/C19H20N2OS/c1-21-17-7-3-2-6-15(17)16-11-13(8-9-18(16)21)20-19(22)12-14-5-4-10-23-14/h2-7,10,13H,8-9,11-12H2,1H3,(H,20,22). The van der Waals surface area contributed by atoms with Crippen molar-refractivity contribution >= 4 is 28.1 Å². The molecule has 118 valence electrons. The Hall–Kier alpha value is -2.07. The number of benzene rings is 1. The first-order valence-electron chi connectivity index (χ1n) is 8.09. The summed E-state index contributed by atoms with van der Waals surface area (Å²) >= 11 is 1.64. The highest BCUT2D eigenvalue weighted by molar-refractivity contribution is 7.10. The number of thiophene rings is 1. The zero-order valence-electron chi connectivity index (χ0n) is 13.2. The zero-order chi connectivity index (χ0) is 15.8. The normalized spacial score (nSPS) is 17.2. The molecular weight excluding hydrogens is 304 g/mol. The van der Waals surface area contributed by atoms with Crippen LogP contribution >= 0.6 is 11.3 Å². The molecule has 1 N–H and O–H groups in total. The van der Waals surface area contributed by atoms with E-state index in [0.717, 1.165) is 24.1 Å². The summed E-state index contributed by atoms with van der Waals surface area (Å²) < 4.78 is 2.31. The fraction of sp³-hybridized carbons (Fsp3) is 0.316. The molecule has 0 spiro atoms. The highest BCUT2D eigenvalue weighted by atomic mass is 32.1. The van der Waals surface area contributed by atoms with Gasteiger partial charge in [0.2, 0.25) is 5.91 Å². The first-order chi connectivity index (χ1) is 11.2. The molecule has 1 amide bonds. The van der Waals surface area contributed by atoms with Crippen LogP contribution in [0.3, 0.4) is 0 Å². The Kier molecular flexibility index (Phi) is 3.69. The van der Waals surface area contributed by atoms with Gasteiger partial charge in [-0.3, -0.25) is 4.79 Å². The van der Waals surface area contributed by atoms with Crippen molar-refractivity contribution in [1.29, 1.82) is 0 Å². The predicted octanol–water partition coefficient (Wildman–Crippen LogP) is 3.46. The van der Waals surface area contributed by atoms with E-state index in [0.29, 0.717) is 6.42 Å². The number of nitrogens with zero attached hydrogens (tertiary/aromatic N) is 1. The number of para-hydroxylation sites is 1. The van der Waals surface area contributed by atoms with Gasteiger partial charge in [0.05, 0.1) is 6.42 Å². The van der Waals surface area contributed by atoms with Gasteiger partial charge in [0.25, 0.3) is 0 Å². The van der Waals surface area contributed by atoms with Gasteiger partial charge in [0.1, 0.15) is 0 Å². The average Bonchev–Trinajstić information content (AvgIpc) is 3.15. The lowest BCUT2D eigenvalue weighted by atomic mass is 9.91. The Morgan fingerprint density at radius 2 is 2.17 bits per heavy atom. The van der Waals surface area contributed by atoms with Crippen molar-refractivity contribution in [2.24, 2.45) is 7.05 Å². The summed E-state index contributed by atoms with van der Waals surface area (Å²) in [5, 5.41) is 6.59. The van der Waals surface area contributed by atoms with Crippen LogP contribution in [-0.2, 0) is 31.1 Å². The van der Waals surface area contributed by atoms with Crippen LogP contribution in [0.5, 0.6) is 0 Å². The number of amides is 1. The molecule has 1 atom stereocenters. The minimum Gasteiger partial charge on any atom is -0.353 e. The van der Waals surface area contributed by atoms with Crippen molar-refractivity contribution in [3.8, 4) is 0 Å². The highest BCUT2D eigenvalue weighted by Gasteiger charge is 2.25. The number of carbonyl (C=O) groups excluding carboxylic acids is 1.